The van der Waals surface area contributed by atoms with E-state index in [1.165, 1.54) is 0 Å². The number of nitrogens with zero attached hydrogens (tertiary/aromatic N) is 1. The SMILES string of the molecule is CC(C)(C)[Si]1(C(C)(C)C)C2=CC(=O)C=CC2=Nc2ccc(O)c(-c3cccs3)c21. The quantitative estimate of drug-likeness (QED) is 0.449. The second-order valence-electron chi connectivity index (χ2n) is 9.87. The number of rotatable bonds is 1. The van der Waals surface area contributed by atoms with Gasteiger partial charge in [-0.05, 0) is 62.3 Å². The molecule has 0 spiro atoms. The van der Waals surface area contributed by atoms with Crippen molar-refractivity contribution in [2.45, 2.75) is 51.6 Å². The lowest BCUT2D eigenvalue weighted by atomic mass is 10.1. The van der Waals surface area contributed by atoms with E-state index in [0.29, 0.717) is 0 Å². The lowest BCUT2D eigenvalue weighted by Gasteiger charge is -2.56. The molecule has 2 aliphatic rings. The zero-order valence-corrected chi connectivity index (χ0v) is 19.6. The number of aromatic hydroxyl groups is 1. The van der Waals surface area contributed by atoms with E-state index in [9.17, 15) is 9.90 Å². The number of allylic oxidation sites excluding steroid dienone is 4. The second kappa shape index (κ2) is 6.38. The third-order valence-electron chi connectivity index (χ3n) is 6.17. The third kappa shape index (κ3) is 2.75. The van der Waals surface area contributed by atoms with E-state index in [2.05, 4.69) is 47.6 Å². The van der Waals surface area contributed by atoms with E-state index in [0.717, 1.165) is 32.2 Å². The normalized spacial score (nSPS) is 18.1. The maximum atomic E-state index is 12.5. The first kappa shape index (κ1) is 20.0. The molecule has 1 aromatic heterocycles. The Bertz CT molecular complexity index is 1080. The number of benzene rings is 1. The highest BCUT2D eigenvalue weighted by Crippen LogP contribution is 2.59. The molecule has 0 amide bonds. The fourth-order valence-corrected chi connectivity index (χ4v) is 14.1. The summed E-state index contributed by atoms with van der Waals surface area (Å²) in [5.74, 6) is 0.305. The highest BCUT2D eigenvalue weighted by Gasteiger charge is 2.61. The molecule has 4 rings (SSSR count). The standard InChI is InChI=1S/C24H27NO2SSi/c1-23(2,3)29(24(4,5)6)20-14-15(26)9-10-16(20)25-17-11-12-18(27)21(22(17)29)19-8-7-13-28-19/h7-14,27H,1-6H3. The topological polar surface area (TPSA) is 49.7 Å². The van der Waals surface area contributed by atoms with Crippen molar-refractivity contribution in [3.63, 3.8) is 0 Å². The van der Waals surface area contributed by atoms with Crippen molar-refractivity contribution in [2.75, 3.05) is 0 Å². The Kier molecular flexibility index (Phi) is 4.41. The van der Waals surface area contributed by atoms with Gasteiger partial charge in [0.2, 0.25) is 0 Å². The van der Waals surface area contributed by atoms with Crippen LogP contribution in [0.1, 0.15) is 41.5 Å². The van der Waals surface area contributed by atoms with Crippen molar-refractivity contribution in [1.82, 2.24) is 0 Å². The van der Waals surface area contributed by atoms with Crippen LogP contribution in [0.5, 0.6) is 5.75 Å². The Morgan fingerprint density at radius 2 is 1.69 bits per heavy atom. The molecule has 29 heavy (non-hydrogen) atoms. The molecule has 1 aliphatic carbocycles. The summed E-state index contributed by atoms with van der Waals surface area (Å²) < 4.78 is 0. The van der Waals surface area contributed by atoms with Crippen LogP contribution in [0.15, 0.2) is 58.1 Å². The number of hydrogen-bond acceptors (Lipinski definition) is 4. The molecule has 2 heterocycles. The van der Waals surface area contributed by atoms with Crippen LogP contribution in [-0.2, 0) is 4.79 Å². The fraction of sp³-hybridized carbons (Fsp3) is 0.333. The molecule has 0 saturated heterocycles. The summed E-state index contributed by atoms with van der Waals surface area (Å²) in [6, 6.07) is 7.77. The number of phenolic OH excluding ortho intramolecular Hbond substituents is 1. The minimum absolute atomic E-state index is 0.0191. The summed E-state index contributed by atoms with van der Waals surface area (Å²) in [4.78, 5) is 18.5. The van der Waals surface area contributed by atoms with Gasteiger partial charge in [0.15, 0.2) is 5.78 Å². The van der Waals surface area contributed by atoms with E-state index in [1.807, 2.05) is 29.7 Å². The molecule has 1 aliphatic heterocycles. The number of fused-ring (bicyclic) bond motifs is 2. The van der Waals surface area contributed by atoms with Gasteiger partial charge in [0.05, 0.1) is 11.4 Å². The largest absolute Gasteiger partial charge is 0.507 e. The predicted molar refractivity (Wildman–Crippen MR) is 126 cm³/mol. The first-order chi connectivity index (χ1) is 13.5. The number of carbonyl (C=O) groups is 1. The molecule has 0 bridgehead atoms. The molecule has 0 unspecified atom stereocenters. The van der Waals surface area contributed by atoms with Gasteiger partial charge in [-0.15, -0.1) is 11.3 Å². The molecule has 3 nitrogen and oxygen atoms in total. The maximum Gasteiger partial charge on any atom is 0.178 e. The molecule has 0 radical (unpaired) electrons. The van der Waals surface area contributed by atoms with Crippen LogP contribution in [0.2, 0.25) is 10.1 Å². The second-order valence-corrected chi connectivity index (χ2v) is 16.4. The van der Waals surface area contributed by atoms with E-state index in [4.69, 9.17) is 4.99 Å². The molecule has 1 N–H and O–H groups in total. The highest BCUT2D eigenvalue weighted by molar-refractivity contribution is 7.14. The summed E-state index contributed by atoms with van der Waals surface area (Å²) in [6.07, 6.45) is 5.29. The summed E-state index contributed by atoms with van der Waals surface area (Å²) in [5, 5.41) is 15.1. The van der Waals surface area contributed by atoms with Gasteiger partial charge in [0.1, 0.15) is 13.8 Å². The lowest BCUT2D eigenvalue weighted by Crippen LogP contribution is -2.66. The zero-order chi connectivity index (χ0) is 21.2. The van der Waals surface area contributed by atoms with Gasteiger partial charge in [0.25, 0.3) is 0 Å². The van der Waals surface area contributed by atoms with Crippen LogP contribution >= 0.6 is 11.3 Å². The minimum Gasteiger partial charge on any atom is -0.507 e. The van der Waals surface area contributed by atoms with Crippen molar-refractivity contribution < 1.29 is 9.90 Å². The van der Waals surface area contributed by atoms with Crippen LogP contribution in [0.3, 0.4) is 0 Å². The van der Waals surface area contributed by atoms with Crippen molar-refractivity contribution in [1.29, 1.82) is 0 Å². The van der Waals surface area contributed by atoms with E-state index in [1.54, 1.807) is 23.5 Å². The lowest BCUT2D eigenvalue weighted by molar-refractivity contribution is -0.110. The molecule has 0 saturated carbocycles. The predicted octanol–water partition coefficient (Wildman–Crippen LogP) is 6.07. The molecule has 0 fully saturated rings. The Morgan fingerprint density at radius 3 is 2.28 bits per heavy atom. The number of phenols is 1. The summed E-state index contributed by atoms with van der Waals surface area (Å²) in [6.45, 7) is 13.7. The van der Waals surface area contributed by atoms with Gasteiger partial charge >= 0.3 is 0 Å². The summed E-state index contributed by atoms with van der Waals surface area (Å²) in [5.41, 5.74) is 2.71. The van der Waals surface area contributed by atoms with E-state index < -0.39 is 8.07 Å². The molecule has 150 valence electrons. The molecule has 2 aromatic rings. The van der Waals surface area contributed by atoms with Crippen LogP contribution in [-0.4, -0.2) is 24.7 Å². The van der Waals surface area contributed by atoms with E-state index >= 15 is 0 Å². The third-order valence-corrected chi connectivity index (χ3v) is 14.0. The number of ketones is 1. The van der Waals surface area contributed by atoms with Gasteiger partial charge in [-0.25, -0.2) is 4.99 Å². The monoisotopic (exact) mass is 421 g/mol. The molecule has 1 aromatic carbocycles. The average Bonchev–Trinajstić information content (AvgIpc) is 3.12. The Morgan fingerprint density at radius 1 is 1.00 bits per heavy atom. The van der Waals surface area contributed by atoms with Crippen LogP contribution in [0.4, 0.5) is 5.69 Å². The first-order valence-corrected chi connectivity index (χ1v) is 12.8. The Balaban J connectivity index is 2.26. The van der Waals surface area contributed by atoms with Crippen LogP contribution < -0.4 is 5.19 Å². The summed E-state index contributed by atoms with van der Waals surface area (Å²) in [7, 11) is -2.64. The van der Waals surface area contributed by atoms with Crippen molar-refractivity contribution >= 4 is 41.8 Å². The maximum absolute atomic E-state index is 12.5. The fourth-order valence-electron chi connectivity index (χ4n) is 5.58. The minimum atomic E-state index is -2.64. The average molecular weight is 422 g/mol. The van der Waals surface area contributed by atoms with Gasteiger partial charge in [-0.2, -0.15) is 0 Å². The van der Waals surface area contributed by atoms with Crippen molar-refractivity contribution in [2.24, 2.45) is 4.99 Å². The highest BCUT2D eigenvalue weighted by atomic mass is 32.1. The number of aliphatic imine (C=N–C) groups is 1. The van der Waals surface area contributed by atoms with Gasteiger partial charge < -0.3 is 5.11 Å². The molecule has 5 heteroatoms. The first-order valence-electron chi connectivity index (χ1n) is 9.92. The van der Waals surface area contributed by atoms with E-state index in [-0.39, 0.29) is 21.6 Å². The zero-order valence-electron chi connectivity index (χ0n) is 17.8. The Labute approximate surface area is 177 Å². The smallest absolute Gasteiger partial charge is 0.178 e. The van der Waals surface area contributed by atoms with Gasteiger partial charge in [0, 0.05) is 10.4 Å². The summed E-state index contributed by atoms with van der Waals surface area (Å²) >= 11 is 1.63. The van der Waals surface area contributed by atoms with Gasteiger partial charge in [-0.1, -0.05) is 47.6 Å². The molecular weight excluding hydrogens is 394 g/mol. The van der Waals surface area contributed by atoms with Crippen LogP contribution in [0.25, 0.3) is 10.4 Å². The number of carbonyl (C=O) groups excluding carboxylic acids is 1. The van der Waals surface area contributed by atoms with Crippen molar-refractivity contribution in [3.05, 3.63) is 53.1 Å². The Hall–Kier alpha value is -2.24. The van der Waals surface area contributed by atoms with Crippen molar-refractivity contribution in [3.8, 4) is 16.2 Å². The van der Waals surface area contributed by atoms with Gasteiger partial charge in [-0.3, -0.25) is 4.79 Å². The molecular formula is C24H27NO2SSi. The number of thiophene rings is 1. The molecule has 0 atom stereocenters. The number of hydrogen-bond donors (Lipinski definition) is 1. The van der Waals surface area contributed by atoms with Crippen LogP contribution in [0, 0.1) is 0 Å².